The van der Waals surface area contributed by atoms with Gasteiger partial charge in [-0.2, -0.15) is 0 Å². The average Bonchev–Trinajstić information content (AvgIpc) is 2.22. The van der Waals surface area contributed by atoms with Gasteiger partial charge in [0, 0.05) is 19.1 Å². The standard InChI is InChI=1S/C14H27NO2/c1-4-6-13-9-15(10-13)12(3)8-5-7-11(2)14(16)17/h11-13H,4-10H2,1-3H3,(H,16,17). The van der Waals surface area contributed by atoms with Crippen molar-refractivity contribution in [3.05, 3.63) is 0 Å². The Balaban J connectivity index is 2.07. The number of hydrogen-bond acceptors (Lipinski definition) is 2. The van der Waals surface area contributed by atoms with Crippen LogP contribution in [0.2, 0.25) is 0 Å². The Bertz CT molecular complexity index is 236. The van der Waals surface area contributed by atoms with Crippen molar-refractivity contribution < 1.29 is 9.90 Å². The number of hydrogen-bond donors (Lipinski definition) is 1. The van der Waals surface area contributed by atoms with E-state index in [0.29, 0.717) is 6.04 Å². The summed E-state index contributed by atoms with van der Waals surface area (Å²) in [5.74, 6) is 0.0661. The van der Waals surface area contributed by atoms with Crippen LogP contribution in [-0.4, -0.2) is 35.1 Å². The molecule has 1 saturated heterocycles. The Morgan fingerprint density at radius 1 is 1.35 bits per heavy atom. The summed E-state index contributed by atoms with van der Waals surface area (Å²) in [7, 11) is 0. The fourth-order valence-electron chi connectivity index (χ4n) is 2.59. The third kappa shape index (κ3) is 4.66. The predicted molar refractivity (Wildman–Crippen MR) is 70.1 cm³/mol. The topological polar surface area (TPSA) is 40.5 Å². The minimum absolute atomic E-state index is 0.188. The lowest BCUT2D eigenvalue weighted by molar-refractivity contribution is -0.141. The van der Waals surface area contributed by atoms with Crippen molar-refractivity contribution in [3.8, 4) is 0 Å². The van der Waals surface area contributed by atoms with Crippen LogP contribution in [0.3, 0.4) is 0 Å². The van der Waals surface area contributed by atoms with Gasteiger partial charge in [0.25, 0.3) is 0 Å². The first-order valence-corrected chi connectivity index (χ1v) is 7.01. The van der Waals surface area contributed by atoms with Crippen LogP contribution in [0.5, 0.6) is 0 Å². The molecule has 3 heteroatoms. The number of carboxylic acid groups (broad SMARTS) is 1. The average molecular weight is 241 g/mol. The summed E-state index contributed by atoms with van der Waals surface area (Å²) in [6, 6.07) is 0.629. The van der Waals surface area contributed by atoms with Crippen LogP contribution < -0.4 is 0 Å². The highest BCUT2D eigenvalue weighted by molar-refractivity contribution is 5.69. The second-order valence-electron chi connectivity index (χ2n) is 5.63. The number of nitrogens with zero attached hydrogens (tertiary/aromatic N) is 1. The highest BCUT2D eigenvalue weighted by atomic mass is 16.4. The lowest BCUT2D eigenvalue weighted by Crippen LogP contribution is -2.50. The van der Waals surface area contributed by atoms with Crippen molar-refractivity contribution in [2.75, 3.05) is 13.1 Å². The third-order valence-corrected chi connectivity index (χ3v) is 3.99. The second kappa shape index (κ2) is 7.00. The summed E-state index contributed by atoms with van der Waals surface area (Å²) in [6.45, 7) is 8.83. The lowest BCUT2D eigenvalue weighted by Gasteiger charge is -2.43. The Morgan fingerprint density at radius 2 is 2.00 bits per heavy atom. The quantitative estimate of drug-likeness (QED) is 0.710. The first-order chi connectivity index (χ1) is 8.04. The summed E-state index contributed by atoms with van der Waals surface area (Å²) < 4.78 is 0. The summed E-state index contributed by atoms with van der Waals surface area (Å²) in [4.78, 5) is 13.2. The third-order valence-electron chi connectivity index (χ3n) is 3.99. The fourth-order valence-corrected chi connectivity index (χ4v) is 2.59. The molecule has 0 aliphatic carbocycles. The molecule has 0 aromatic rings. The van der Waals surface area contributed by atoms with Gasteiger partial charge in [-0.05, 0) is 32.1 Å². The van der Waals surface area contributed by atoms with Crippen LogP contribution in [0.4, 0.5) is 0 Å². The van der Waals surface area contributed by atoms with Crippen molar-refractivity contribution in [3.63, 3.8) is 0 Å². The Hall–Kier alpha value is -0.570. The predicted octanol–water partition coefficient (Wildman–Crippen LogP) is 3.00. The summed E-state index contributed by atoms with van der Waals surface area (Å²) in [5, 5.41) is 8.80. The van der Waals surface area contributed by atoms with Gasteiger partial charge in [-0.25, -0.2) is 0 Å². The normalized spacial score (nSPS) is 20.9. The van der Waals surface area contributed by atoms with Crippen LogP contribution >= 0.6 is 0 Å². The highest BCUT2D eigenvalue weighted by Crippen LogP contribution is 2.25. The zero-order valence-electron chi connectivity index (χ0n) is 11.5. The van der Waals surface area contributed by atoms with E-state index >= 15 is 0 Å². The van der Waals surface area contributed by atoms with E-state index in [1.807, 2.05) is 0 Å². The maximum absolute atomic E-state index is 10.7. The second-order valence-corrected chi connectivity index (χ2v) is 5.63. The van der Waals surface area contributed by atoms with E-state index in [2.05, 4.69) is 18.7 Å². The van der Waals surface area contributed by atoms with E-state index in [-0.39, 0.29) is 5.92 Å². The molecular weight excluding hydrogens is 214 g/mol. The fraction of sp³-hybridized carbons (Fsp3) is 0.929. The number of likely N-dealkylation sites (tertiary alicyclic amines) is 1. The Morgan fingerprint density at radius 3 is 2.53 bits per heavy atom. The molecule has 17 heavy (non-hydrogen) atoms. The van der Waals surface area contributed by atoms with Gasteiger partial charge in [0.2, 0.25) is 0 Å². The molecule has 0 radical (unpaired) electrons. The van der Waals surface area contributed by atoms with Crippen molar-refractivity contribution >= 4 is 5.97 Å². The highest BCUT2D eigenvalue weighted by Gasteiger charge is 2.28. The first-order valence-electron chi connectivity index (χ1n) is 7.01. The number of rotatable bonds is 8. The van der Waals surface area contributed by atoms with Crippen LogP contribution in [0.15, 0.2) is 0 Å². The van der Waals surface area contributed by atoms with E-state index in [1.54, 1.807) is 6.92 Å². The number of aliphatic carboxylic acids is 1. The molecule has 1 aliphatic rings. The molecule has 1 N–H and O–H groups in total. The summed E-state index contributed by atoms with van der Waals surface area (Å²) >= 11 is 0. The zero-order valence-corrected chi connectivity index (χ0v) is 11.5. The molecule has 1 aliphatic heterocycles. The molecule has 3 nitrogen and oxygen atoms in total. The SMILES string of the molecule is CCCC1CN(C(C)CCCC(C)C(=O)O)C1. The molecule has 2 atom stereocenters. The summed E-state index contributed by atoms with van der Waals surface area (Å²) in [5.41, 5.74) is 0. The van der Waals surface area contributed by atoms with Crippen molar-refractivity contribution in [1.29, 1.82) is 0 Å². The molecule has 0 spiro atoms. The first kappa shape index (κ1) is 14.5. The van der Waals surface area contributed by atoms with Crippen LogP contribution in [-0.2, 0) is 4.79 Å². The van der Waals surface area contributed by atoms with Crippen LogP contribution in [0.1, 0.15) is 52.9 Å². The monoisotopic (exact) mass is 241 g/mol. The van der Waals surface area contributed by atoms with Gasteiger partial charge in [0.15, 0.2) is 0 Å². The minimum atomic E-state index is -0.662. The maximum Gasteiger partial charge on any atom is 0.306 e. The van der Waals surface area contributed by atoms with Crippen molar-refractivity contribution in [2.24, 2.45) is 11.8 Å². The van der Waals surface area contributed by atoms with E-state index in [0.717, 1.165) is 25.2 Å². The molecule has 2 unspecified atom stereocenters. The molecule has 100 valence electrons. The van der Waals surface area contributed by atoms with Gasteiger partial charge < -0.3 is 10.0 Å². The Kier molecular flexibility index (Phi) is 5.96. The van der Waals surface area contributed by atoms with Gasteiger partial charge in [-0.1, -0.05) is 26.7 Å². The lowest BCUT2D eigenvalue weighted by atomic mass is 9.92. The molecule has 0 amide bonds. The molecule has 0 aromatic carbocycles. The van der Waals surface area contributed by atoms with E-state index in [4.69, 9.17) is 5.11 Å². The molecular formula is C14H27NO2. The Labute approximate surface area is 105 Å². The van der Waals surface area contributed by atoms with Crippen molar-refractivity contribution in [1.82, 2.24) is 4.90 Å². The number of carbonyl (C=O) groups is 1. The van der Waals surface area contributed by atoms with Gasteiger partial charge in [-0.3, -0.25) is 4.79 Å². The largest absolute Gasteiger partial charge is 0.481 e. The zero-order chi connectivity index (χ0) is 12.8. The minimum Gasteiger partial charge on any atom is -0.481 e. The van der Waals surface area contributed by atoms with E-state index in [1.165, 1.54) is 25.9 Å². The smallest absolute Gasteiger partial charge is 0.306 e. The number of carboxylic acids is 1. The van der Waals surface area contributed by atoms with E-state index < -0.39 is 5.97 Å². The van der Waals surface area contributed by atoms with Gasteiger partial charge in [0.1, 0.15) is 0 Å². The maximum atomic E-state index is 10.7. The molecule has 1 rings (SSSR count). The van der Waals surface area contributed by atoms with Crippen molar-refractivity contribution in [2.45, 2.75) is 58.9 Å². The van der Waals surface area contributed by atoms with Crippen LogP contribution in [0.25, 0.3) is 0 Å². The summed E-state index contributed by atoms with van der Waals surface area (Å²) in [6.07, 6.45) is 5.63. The van der Waals surface area contributed by atoms with Gasteiger partial charge >= 0.3 is 5.97 Å². The van der Waals surface area contributed by atoms with Crippen LogP contribution in [0, 0.1) is 11.8 Å². The molecule has 1 heterocycles. The molecule has 0 saturated carbocycles. The van der Waals surface area contributed by atoms with E-state index in [9.17, 15) is 4.79 Å². The van der Waals surface area contributed by atoms with Gasteiger partial charge in [-0.15, -0.1) is 0 Å². The molecule has 1 fully saturated rings. The molecule has 0 aromatic heterocycles. The molecule has 0 bridgehead atoms. The van der Waals surface area contributed by atoms with Gasteiger partial charge in [0.05, 0.1) is 5.92 Å².